The third-order valence-corrected chi connectivity index (χ3v) is 6.42. The zero-order valence-electron chi connectivity index (χ0n) is 15.3. The number of hydrogen-bond donors (Lipinski definition) is 1. The molecule has 0 unspecified atom stereocenters. The number of thiophene rings is 1. The molecular weight excluding hydrogens is 350 g/mol. The Bertz CT molecular complexity index is 773. The van der Waals surface area contributed by atoms with Crippen LogP contribution in [-0.4, -0.2) is 42.3 Å². The smallest absolute Gasteiger partial charge is 0.252 e. The van der Waals surface area contributed by atoms with Crippen LogP contribution in [0.15, 0.2) is 9.90 Å². The summed E-state index contributed by atoms with van der Waals surface area (Å²) in [7, 11) is 0. The van der Waals surface area contributed by atoms with Gasteiger partial charge in [-0.3, -0.25) is 9.69 Å². The summed E-state index contributed by atoms with van der Waals surface area (Å²) in [6.07, 6.45) is 1.95. The van der Waals surface area contributed by atoms with Crippen LogP contribution < -0.4 is 5.32 Å². The van der Waals surface area contributed by atoms with Crippen LogP contribution in [0.5, 0.6) is 0 Å². The first kappa shape index (κ1) is 17.7. The third kappa shape index (κ3) is 3.56. The number of fused-ring (bicyclic) bond motifs is 1. The van der Waals surface area contributed by atoms with E-state index in [1.54, 1.807) is 11.3 Å². The van der Waals surface area contributed by atoms with Gasteiger partial charge in [-0.2, -0.15) is 0 Å². The Balaban J connectivity index is 1.39. The van der Waals surface area contributed by atoms with Crippen molar-refractivity contribution < 1.29 is 14.1 Å². The molecule has 0 bridgehead atoms. The van der Waals surface area contributed by atoms with E-state index in [1.807, 2.05) is 19.2 Å². The molecule has 4 rings (SSSR count). The SMILES string of the molecule is Cc1noc(C)c1CN1CCc2c(C(=O)NC[C@@H]3CCOC3)csc2C1. The summed E-state index contributed by atoms with van der Waals surface area (Å²) in [5.41, 5.74) is 4.24. The molecule has 1 atom stereocenters. The second-order valence-corrected chi connectivity index (χ2v) is 8.22. The van der Waals surface area contributed by atoms with Gasteiger partial charge in [-0.15, -0.1) is 11.3 Å². The van der Waals surface area contributed by atoms with Gasteiger partial charge in [-0.05, 0) is 32.3 Å². The number of hydrogen-bond acceptors (Lipinski definition) is 6. The van der Waals surface area contributed by atoms with Gasteiger partial charge in [0.25, 0.3) is 5.91 Å². The number of aryl methyl sites for hydroxylation is 2. The minimum absolute atomic E-state index is 0.0635. The highest BCUT2D eigenvalue weighted by Gasteiger charge is 2.25. The molecule has 1 amide bonds. The molecule has 0 spiro atoms. The molecule has 2 aromatic rings. The number of carbonyl (C=O) groups is 1. The minimum Gasteiger partial charge on any atom is -0.381 e. The van der Waals surface area contributed by atoms with E-state index in [4.69, 9.17) is 9.26 Å². The predicted octanol–water partition coefficient (Wildman–Crippen LogP) is 2.68. The molecule has 6 nitrogen and oxygen atoms in total. The lowest BCUT2D eigenvalue weighted by molar-refractivity contribution is 0.0943. The van der Waals surface area contributed by atoms with Crippen LogP contribution in [0.1, 0.15) is 44.2 Å². The highest BCUT2D eigenvalue weighted by atomic mass is 32.1. The van der Waals surface area contributed by atoms with Crippen molar-refractivity contribution in [2.45, 2.75) is 39.8 Å². The van der Waals surface area contributed by atoms with E-state index >= 15 is 0 Å². The molecule has 2 aliphatic rings. The van der Waals surface area contributed by atoms with Crippen molar-refractivity contribution in [2.24, 2.45) is 5.92 Å². The number of carbonyl (C=O) groups excluding carboxylic acids is 1. The van der Waals surface area contributed by atoms with E-state index in [2.05, 4.69) is 15.4 Å². The average molecular weight is 375 g/mol. The quantitative estimate of drug-likeness (QED) is 0.870. The van der Waals surface area contributed by atoms with Crippen molar-refractivity contribution in [1.29, 1.82) is 0 Å². The lowest BCUT2D eigenvalue weighted by atomic mass is 10.0. The lowest BCUT2D eigenvalue weighted by Gasteiger charge is -2.27. The Labute approximate surface area is 157 Å². The highest BCUT2D eigenvalue weighted by molar-refractivity contribution is 7.10. The van der Waals surface area contributed by atoms with E-state index in [0.717, 1.165) is 62.7 Å². The van der Waals surface area contributed by atoms with Gasteiger partial charge in [0, 0.05) is 54.5 Å². The van der Waals surface area contributed by atoms with Crippen molar-refractivity contribution in [3.8, 4) is 0 Å². The Morgan fingerprint density at radius 3 is 3.08 bits per heavy atom. The second-order valence-electron chi connectivity index (χ2n) is 7.25. The first-order valence-electron chi connectivity index (χ1n) is 9.21. The molecule has 26 heavy (non-hydrogen) atoms. The molecule has 1 fully saturated rings. The zero-order valence-corrected chi connectivity index (χ0v) is 16.2. The van der Waals surface area contributed by atoms with Gasteiger partial charge < -0.3 is 14.6 Å². The Kier molecular flexibility index (Phi) is 5.11. The number of nitrogens with one attached hydrogen (secondary N) is 1. The Hall–Kier alpha value is -1.70. The van der Waals surface area contributed by atoms with Crippen molar-refractivity contribution in [2.75, 3.05) is 26.3 Å². The molecule has 1 saturated heterocycles. The van der Waals surface area contributed by atoms with Crippen LogP contribution >= 0.6 is 11.3 Å². The molecule has 2 aliphatic heterocycles. The number of ether oxygens (including phenoxy) is 1. The summed E-state index contributed by atoms with van der Waals surface area (Å²) in [6.45, 7) is 8.92. The van der Waals surface area contributed by atoms with Crippen molar-refractivity contribution in [3.05, 3.63) is 38.4 Å². The molecule has 0 saturated carbocycles. The van der Waals surface area contributed by atoms with Gasteiger partial charge in [0.05, 0.1) is 17.9 Å². The molecule has 2 aromatic heterocycles. The fourth-order valence-corrected chi connectivity index (χ4v) is 4.86. The Morgan fingerprint density at radius 1 is 1.46 bits per heavy atom. The highest BCUT2D eigenvalue weighted by Crippen LogP contribution is 2.30. The summed E-state index contributed by atoms with van der Waals surface area (Å²) in [5.74, 6) is 1.42. The van der Waals surface area contributed by atoms with E-state index in [-0.39, 0.29) is 5.91 Å². The summed E-state index contributed by atoms with van der Waals surface area (Å²) in [6, 6.07) is 0. The minimum atomic E-state index is 0.0635. The fourth-order valence-electron chi connectivity index (χ4n) is 3.73. The zero-order chi connectivity index (χ0) is 18.1. The van der Waals surface area contributed by atoms with Crippen LogP contribution in [-0.2, 0) is 24.2 Å². The second kappa shape index (κ2) is 7.50. The number of rotatable bonds is 5. The van der Waals surface area contributed by atoms with Gasteiger partial charge in [0.2, 0.25) is 0 Å². The van der Waals surface area contributed by atoms with E-state index in [9.17, 15) is 4.79 Å². The van der Waals surface area contributed by atoms with Gasteiger partial charge in [-0.25, -0.2) is 0 Å². The van der Waals surface area contributed by atoms with Gasteiger partial charge >= 0.3 is 0 Å². The normalized spacial score (nSPS) is 20.3. The largest absolute Gasteiger partial charge is 0.381 e. The van der Waals surface area contributed by atoms with Crippen LogP contribution in [0, 0.1) is 19.8 Å². The maximum atomic E-state index is 12.6. The summed E-state index contributed by atoms with van der Waals surface area (Å²) < 4.78 is 10.7. The molecule has 0 radical (unpaired) electrons. The molecule has 140 valence electrons. The van der Waals surface area contributed by atoms with Crippen LogP contribution in [0.4, 0.5) is 0 Å². The van der Waals surface area contributed by atoms with Gasteiger partial charge in [-0.1, -0.05) is 5.16 Å². The van der Waals surface area contributed by atoms with Crippen LogP contribution in [0.3, 0.4) is 0 Å². The number of amides is 1. The molecule has 0 aromatic carbocycles. The average Bonchev–Trinajstić information content (AvgIpc) is 3.36. The first-order chi connectivity index (χ1) is 12.6. The van der Waals surface area contributed by atoms with Crippen LogP contribution in [0.25, 0.3) is 0 Å². The topological polar surface area (TPSA) is 67.6 Å². The first-order valence-corrected chi connectivity index (χ1v) is 10.1. The number of aromatic nitrogens is 1. The van der Waals surface area contributed by atoms with Crippen molar-refractivity contribution in [1.82, 2.24) is 15.4 Å². The standard InChI is InChI=1S/C19H25N3O3S/c1-12-16(13(2)25-21-12)8-22-5-3-15-17(11-26-18(15)9-22)19(23)20-7-14-4-6-24-10-14/h11,14H,3-10H2,1-2H3,(H,20,23)/t14-/m0/s1. The maximum absolute atomic E-state index is 12.6. The Morgan fingerprint density at radius 2 is 2.35 bits per heavy atom. The molecule has 0 aliphatic carbocycles. The van der Waals surface area contributed by atoms with E-state index in [1.165, 1.54) is 16.0 Å². The molecule has 7 heteroatoms. The molecular formula is C19H25N3O3S. The summed E-state index contributed by atoms with van der Waals surface area (Å²) in [4.78, 5) is 16.3. The van der Waals surface area contributed by atoms with E-state index in [0.29, 0.717) is 12.5 Å². The molecule has 4 heterocycles. The summed E-state index contributed by atoms with van der Waals surface area (Å²) in [5, 5.41) is 9.16. The lowest BCUT2D eigenvalue weighted by Crippen LogP contribution is -2.32. The monoisotopic (exact) mass is 375 g/mol. The van der Waals surface area contributed by atoms with Gasteiger partial charge in [0.1, 0.15) is 5.76 Å². The van der Waals surface area contributed by atoms with Crippen molar-refractivity contribution in [3.63, 3.8) is 0 Å². The fraction of sp³-hybridized carbons (Fsp3) is 0.579. The predicted molar refractivity (Wildman–Crippen MR) is 99.4 cm³/mol. The third-order valence-electron chi connectivity index (χ3n) is 5.41. The number of nitrogens with zero attached hydrogens (tertiary/aromatic N) is 2. The summed E-state index contributed by atoms with van der Waals surface area (Å²) >= 11 is 1.70. The maximum Gasteiger partial charge on any atom is 0.252 e. The van der Waals surface area contributed by atoms with Crippen LogP contribution in [0.2, 0.25) is 0 Å². The van der Waals surface area contributed by atoms with Gasteiger partial charge in [0.15, 0.2) is 0 Å². The molecule has 1 N–H and O–H groups in total. The van der Waals surface area contributed by atoms with E-state index < -0.39 is 0 Å². The van der Waals surface area contributed by atoms with Crippen molar-refractivity contribution >= 4 is 17.2 Å².